The maximum absolute atomic E-state index is 12.6. The number of nitrogens with zero attached hydrogens (tertiary/aromatic N) is 2. The van der Waals surface area contributed by atoms with Gasteiger partial charge in [0.05, 0.1) is 45.9 Å². The van der Waals surface area contributed by atoms with E-state index in [0.717, 1.165) is 16.3 Å². The van der Waals surface area contributed by atoms with E-state index in [-0.39, 0.29) is 5.69 Å². The van der Waals surface area contributed by atoms with Crippen molar-refractivity contribution in [1.82, 2.24) is 15.6 Å². The topological polar surface area (TPSA) is 107 Å². The lowest BCUT2D eigenvalue weighted by Gasteiger charge is -2.12. The fourth-order valence-corrected chi connectivity index (χ4v) is 3.65. The molecule has 4 rings (SSSR count). The van der Waals surface area contributed by atoms with Gasteiger partial charge in [0.25, 0.3) is 5.91 Å². The van der Waals surface area contributed by atoms with Gasteiger partial charge in [-0.15, -0.1) is 0 Å². The van der Waals surface area contributed by atoms with Crippen LogP contribution in [0.25, 0.3) is 22.0 Å². The molecule has 9 heteroatoms. The Hall–Kier alpha value is -4.53. The number of amides is 1. The highest BCUT2D eigenvalue weighted by Gasteiger charge is 2.17. The Morgan fingerprint density at radius 3 is 2.29 bits per heavy atom. The van der Waals surface area contributed by atoms with Crippen LogP contribution >= 0.6 is 0 Å². The Kier molecular flexibility index (Phi) is 6.63. The molecule has 1 amide bonds. The fraction of sp³-hybridized carbons (Fsp3) is 0.160. The van der Waals surface area contributed by atoms with Crippen LogP contribution in [0.1, 0.15) is 16.1 Å². The zero-order valence-electron chi connectivity index (χ0n) is 19.2. The number of benzene rings is 3. The Morgan fingerprint density at radius 2 is 1.62 bits per heavy atom. The van der Waals surface area contributed by atoms with Crippen molar-refractivity contribution < 1.29 is 23.7 Å². The van der Waals surface area contributed by atoms with Crippen LogP contribution in [-0.4, -0.2) is 50.8 Å². The normalized spacial score (nSPS) is 10.9. The summed E-state index contributed by atoms with van der Waals surface area (Å²) in [6.07, 6.45) is 1.48. The highest BCUT2D eigenvalue weighted by molar-refractivity contribution is 6.00. The fourth-order valence-electron chi connectivity index (χ4n) is 3.65. The van der Waals surface area contributed by atoms with E-state index in [1.807, 2.05) is 36.4 Å². The number of methoxy groups -OCH3 is 4. The summed E-state index contributed by atoms with van der Waals surface area (Å²) in [5, 5.41) is 13.2. The molecule has 0 unspecified atom stereocenters. The van der Waals surface area contributed by atoms with Gasteiger partial charge in [0.2, 0.25) is 5.75 Å². The van der Waals surface area contributed by atoms with Gasteiger partial charge in [-0.25, -0.2) is 5.43 Å². The van der Waals surface area contributed by atoms with Gasteiger partial charge in [-0.1, -0.05) is 30.3 Å². The second kappa shape index (κ2) is 9.95. The molecule has 0 saturated carbocycles. The van der Waals surface area contributed by atoms with Gasteiger partial charge < -0.3 is 18.9 Å². The molecule has 0 spiro atoms. The van der Waals surface area contributed by atoms with Crippen LogP contribution in [0.15, 0.2) is 59.7 Å². The SMILES string of the molecule is COc1cc(/C=N/NC(=O)c2cc(-c3c(OC)ccc4ccccc34)n[nH]2)cc(OC)c1OC. The van der Waals surface area contributed by atoms with Crippen LogP contribution in [-0.2, 0) is 0 Å². The quantitative estimate of drug-likeness (QED) is 0.304. The lowest BCUT2D eigenvalue weighted by atomic mass is 10.0. The minimum atomic E-state index is -0.443. The van der Waals surface area contributed by atoms with Crippen LogP contribution in [0.4, 0.5) is 0 Å². The lowest BCUT2D eigenvalue weighted by molar-refractivity contribution is 0.0950. The van der Waals surface area contributed by atoms with Crippen molar-refractivity contribution in [1.29, 1.82) is 0 Å². The standard InChI is InChI=1S/C25H24N4O5/c1-31-20-10-9-16-7-5-6-8-17(16)23(20)18-13-19(28-27-18)25(30)29-26-14-15-11-21(32-2)24(34-4)22(12-15)33-3/h5-14H,1-4H3,(H,27,28)(H,29,30)/b26-14+. The van der Waals surface area contributed by atoms with E-state index in [4.69, 9.17) is 18.9 Å². The lowest BCUT2D eigenvalue weighted by Crippen LogP contribution is -2.18. The molecular weight excluding hydrogens is 436 g/mol. The summed E-state index contributed by atoms with van der Waals surface area (Å²) in [6.45, 7) is 0. The third-order valence-electron chi connectivity index (χ3n) is 5.26. The van der Waals surface area contributed by atoms with Crippen LogP contribution in [0, 0.1) is 0 Å². The monoisotopic (exact) mass is 460 g/mol. The van der Waals surface area contributed by atoms with E-state index < -0.39 is 5.91 Å². The first-order valence-electron chi connectivity index (χ1n) is 10.3. The maximum Gasteiger partial charge on any atom is 0.289 e. The summed E-state index contributed by atoms with van der Waals surface area (Å²) in [4.78, 5) is 12.6. The molecule has 0 fully saturated rings. The molecule has 0 radical (unpaired) electrons. The van der Waals surface area contributed by atoms with E-state index in [1.165, 1.54) is 27.5 Å². The molecule has 3 aromatic carbocycles. The number of hydrogen-bond donors (Lipinski definition) is 2. The number of hydrogen-bond acceptors (Lipinski definition) is 7. The number of aromatic amines is 1. The Bertz CT molecular complexity index is 1340. The molecule has 0 bridgehead atoms. The number of carbonyl (C=O) groups excluding carboxylic acids is 1. The van der Waals surface area contributed by atoms with Crippen molar-refractivity contribution in [3.05, 3.63) is 65.9 Å². The van der Waals surface area contributed by atoms with E-state index in [9.17, 15) is 4.79 Å². The van der Waals surface area contributed by atoms with Gasteiger partial charge in [-0.3, -0.25) is 9.89 Å². The average Bonchev–Trinajstić information content (AvgIpc) is 3.37. The second-order valence-corrected chi connectivity index (χ2v) is 7.19. The smallest absolute Gasteiger partial charge is 0.289 e. The largest absolute Gasteiger partial charge is 0.496 e. The minimum Gasteiger partial charge on any atom is -0.496 e. The summed E-state index contributed by atoms with van der Waals surface area (Å²) < 4.78 is 21.5. The van der Waals surface area contributed by atoms with Gasteiger partial charge in [0.15, 0.2) is 11.5 Å². The molecule has 0 aliphatic heterocycles. The van der Waals surface area contributed by atoms with Crippen molar-refractivity contribution in [3.8, 4) is 34.3 Å². The Labute approximate surface area is 196 Å². The third kappa shape index (κ3) is 4.36. The molecule has 2 N–H and O–H groups in total. The summed E-state index contributed by atoms with van der Waals surface area (Å²) in [5.74, 6) is 1.66. The molecule has 4 aromatic rings. The number of aromatic nitrogens is 2. The maximum atomic E-state index is 12.6. The number of nitrogens with one attached hydrogen (secondary N) is 2. The van der Waals surface area contributed by atoms with Gasteiger partial charge in [-0.05, 0) is 35.0 Å². The molecule has 1 aromatic heterocycles. The van der Waals surface area contributed by atoms with E-state index in [0.29, 0.717) is 34.3 Å². The van der Waals surface area contributed by atoms with E-state index in [1.54, 1.807) is 25.3 Å². The molecule has 9 nitrogen and oxygen atoms in total. The first kappa shape index (κ1) is 22.7. The molecule has 174 valence electrons. The van der Waals surface area contributed by atoms with E-state index in [2.05, 4.69) is 20.7 Å². The molecular formula is C25H24N4O5. The summed E-state index contributed by atoms with van der Waals surface area (Å²) >= 11 is 0. The van der Waals surface area contributed by atoms with Gasteiger partial charge in [0, 0.05) is 5.56 Å². The van der Waals surface area contributed by atoms with Crippen molar-refractivity contribution in [3.63, 3.8) is 0 Å². The van der Waals surface area contributed by atoms with E-state index >= 15 is 0 Å². The predicted molar refractivity (Wildman–Crippen MR) is 129 cm³/mol. The van der Waals surface area contributed by atoms with Crippen LogP contribution in [0.3, 0.4) is 0 Å². The number of ether oxygens (including phenoxy) is 4. The Balaban J connectivity index is 1.56. The molecule has 0 aliphatic carbocycles. The predicted octanol–water partition coefficient (Wildman–Crippen LogP) is 4.03. The zero-order valence-corrected chi connectivity index (χ0v) is 19.2. The number of carbonyl (C=O) groups is 1. The minimum absolute atomic E-state index is 0.257. The first-order valence-corrected chi connectivity index (χ1v) is 10.3. The molecule has 1 heterocycles. The summed E-state index contributed by atoms with van der Waals surface area (Å²) in [7, 11) is 6.19. The van der Waals surface area contributed by atoms with Crippen molar-refractivity contribution in [2.45, 2.75) is 0 Å². The zero-order chi connectivity index (χ0) is 24.1. The van der Waals surface area contributed by atoms with Crippen LogP contribution < -0.4 is 24.4 Å². The Morgan fingerprint density at radius 1 is 0.912 bits per heavy atom. The van der Waals surface area contributed by atoms with Gasteiger partial charge in [-0.2, -0.15) is 10.2 Å². The second-order valence-electron chi connectivity index (χ2n) is 7.19. The summed E-state index contributed by atoms with van der Waals surface area (Å²) in [6, 6.07) is 16.9. The molecule has 0 saturated heterocycles. The van der Waals surface area contributed by atoms with Crippen LogP contribution in [0.5, 0.6) is 23.0 Å². The van der Waals surface area contributed by atoms with Crippen LogP contribution in [0.2, 0.25) is 0 Å². The van der Waals surface area contributed by atoms with Gasteiger partial charge >= 0.3 is 0 Å². The number of rotatable bonds is 8. The van der Waals surface area contributed by atoms with Crippen molar-refractivity contribution >= 4 is 22.9 Å². The van der Waals surface area contributed by atoms with Gasteiger partial charge in [0.1, 0.15) is 11.4 Å². The number of fused-ring (bicyclic) bond motifs is 1. The molecule has 0 atom stereocenters. The number of hydrazone groups is 1. The first-order chi connectivity index (χ1) is 16.6. The third-order valence-corrected chi connectivity index (χ3v) is 5.26. The number of H-pyrrole nitrogens is 1. The molecule has 0 aliphatic rings. The van der Waals surface area contributed by atoms with Crippen molar-refractivity contribution in [2.75, 3.05) is 28.4 Å². The molecule has 34 heavy (non-hydrogen) atoms. The highest BCUT2D eigenvalue weighted by atomic mass is 16.5. The summed E-state index contributed by atoms with van der Waals surface area (Å²) in [5.41, 5.74) is 4.80. The average molecular weight is 460 g/mol. The highest BCUT2D eigenvalue weighted by Crippen LogP contribution is 2.38. The van der Waals surface area contributed by atoms with Crippen molar-refractivity contribution in [2.24, 2.45) is 5.10 Å².